The predicted molar refractivity (Wildman–Crippen MR) is 88.4 cm³/mol. The molecule has 0 aromatic rings. The number of hydrogen-bond acceptors (Lipinski definition) is 1. The Morgan fingerprint density at radius 1 is 0.947 bits per heavy atom. The standard InChI is InChI=1S/C18H39N/c1-6-8-9-10-16(3)11-12-17(4)15-18(5,7-2)13-14-19/h16-17H,6-15,19H2,1-5H3. The zero-order valence-corrected chi connectivity index (χ0v) is 14.3. The van der Waals surface area contributed by atoms with Gasteiger partial charge in [0.1, 0.15) is 0 Å². The van der Waals surface area contributed by atoms with Crippen molar-refractivity contribution in [2.24, 2.45) is 23.0 Å². The summed E-state index contributed by atoms with van der Waals surface area (Å²) < 4.78 is 0. The highest BCUT2D eigenvalue weighted by Gasteiger charge is 2.23. The van der Waals surface area contributed by atoms with Gasteiger partial charge in [-0.2, -0.15) is 0 Å². The molecule has 0 aromatic heterocycles. The van der Waals surface area contributed by atoms with Crippen LogP contribution in [0.1, 0.15) is 92.4 Å². The molecule has 0 radical (unpaired) electrons. The molecule has 0 fully saturated rings. The summed E-state index contributed by atoms with van der Waals surface area (Å²) in [6.07, 6.45) is 12.2. The van der Waals surface area contributed by atoms with Crippen LogP contribution in [0.25, 0.3) is 0 Å². The van der Waals surface area contributed by atoms with Crippen LogP contribution in [-0.4, -0.2) is 6.54 Å². The van der Waals surface area contributed by atoms with Crippen LogP contribution >= 0.6 is 0 Å². The molecule has 0 spiro atoms. The van der Waals surface area contributed by atoms with Crippen LogP contribution in [0.15, 0.2) is 0 Å². The fourth-order valence-corrected chi connectivity index (χ4v) is 3.17. The van der Waals surface area contributed by atoms with E-state index < -0.39 is 0 Å². The van der Waals surface area contributed by atoms with Gasteiger partial charge in [-0.1, -0.05) is 79.6 Å². The fraction of sp³-hybridized carbons (Fsp3) is 1.00. The first-order valence-electron chi connectivity index (χ1n) is 8.67. The Labute approximate surface area is 122 Å². The monoisotopic (exact) mass is 269 g/mol. The smallest absolute Gasteiger partial charge is 0.00721 e. The Kier molecular flexibility index (Phi) is 10.7. The topological polar surface area (TPSA) is 26.0 Å². The van der Waals surface area contributed by atoms with Gasteiger partial charge in [0.05, 0.1) is 0 Å². The van der Waals surface area contributed by atoms with Crippen molar-refractivity contribution in [1.82, 2.24) is 0 Å². The highest BCUT2D eigenvalue weighted by molar-refractivity contribution is 4.76. The minimum absolute atomic E-state index is 0.472. The molecular formula is C18H39N. The maximum atomic E-state index is 5.76. The van der Waals surface area contributed by atoms with E-state index in [2.05, 4.69) is 34.6 Å². The van der Waals surface area contributed by atoms with Crippen LogP contribution in [0, 0.1) is 17.3 Å². The lowest BCUT2D eigenvalue weighted by molar-refractivity contribution is 0.211. The van der Waals surface area contributed by atoms with Gasteiger partial charge in [0.15, 0.2) is 0 Å². The Balaban J connectivity index is 3.87. The van der Waals surface area contributed by atoms with Gasteiger partial charge in [0.2, 0.25) is 0 Å². The number of rotatable bonds is 12. The predicted octanol–water partition coefficient (Wildman–Crippen LogP) is 5.77. The fourth-order valence-electron chi connectivity index (χ4n) is 3.17. The van der Waals surface area contributed by atoms with Crippen molar-refractivity contribution in [2.45, 2.75) is 92.4 Å². The molecular weight excluding hydrogens is 230 g/mol. The van der Waals surface area contributed by atoms with Crippen molar-refractivity contribution in [3.63, 3.8) is 0 Å². The average molecular weight is 270 g/mol. The Morgan fingerprint density at radius 2 is 1.58 bits per heavy atom. The van der Waals surface area contributed by atoms with Crippen molar-refractivity contribution in [2.75, 3.05) is 6.54 Å². The Hall–Kier alpha value is -0.0400. The van der Waals surface area contributed by atoms with Crippen LogP contribution in [0.2, 0.25) is 0 Å². The highest BCUT2D eigenvalue weighted by Crippen LogP contribution is 2.35. The molecule has 3 unspecified atom stereocenters. The molecule has 116 valence electrons. The molecule has 2 N–H and O–H groups in total. The first-order valence-corrected chi connectivity index (χ1v) is 8.67. The summed E-state index contributed by atoms with van der Waals surface area (Å²) in [5.74, 6) is 1.77. The number of nitrogens with two attached hydrogens (primary N) is 1. The first-order chi connectivity index (χ1) is 8.97. The lowest BCUT2D eigenvalue weighted by atomic mass is 9.75. The van der Waals surface area contributed by atoms with Crippen LogP contribution in [0.3, 0.4) is 0 Å². The summed E-state index contributed by atoms with van der Waals surface area (Å²) in [5, 5.41) is 0. The minimum atomic E-state index is 0.472. The van der Waals surface area contributed by atoms with Crippen LogP contribution < -0.4 is 5.73 Å². The van der Waals surface area contributed by atoms with Crippen molar-refractivity contribution in [1.29, 1.82) is 0 Å². The van der Waals surface area contributed by atoms with Crippen molar-refractivity contribution in [3.8, 4) is 0 Å². The highest BCUT2D eigenvalue weighted by atomic mass is 14.5. The van der Waals surface area contributed by atoms with Gasteiger partial charge in [0.25, 0.3) is 0 Å². The third-order valence-electron chi connectivity index (χ3n) is 4.90. The van der Waals surface area contributed by atoms with E-state index in [-0.39, 0.29) is 0 Å². The van der Waals surface area contributed by atoms with Gasteiger partial charge in [0, 0.05) is 0 Å². The van der Waals surface area contributed by atoms with E-state index in [0.29, 0.717) is 5.41 Å². The lowest BCUT2D eigenvalue weighted by Gasteiger charge is -2.31. The van der Waals surface area contributed by atoms with Crippen molar-refractivity contribution in [3.05, 3.63) is 0 Å². The summed E-state index contributed by atoms with van der Waals surface area (Å²) in [6.45, 7) is 12.7. The van der Waals surface area contributed by atoms with Gasteiger partial charge in [-0.3, -0.25) is 0 Å². The average Bonchev–Trinajstić information content (AvgIpc) is 2.37. The lowest BCUT2D eigenvalue weighted by Crippen LogP contribution is -2.23. The van der Waals surface area contributed by atoms with Gasteiger partial charge in [-0.05, 0) is 36.6 Å². The Morgan fingerprint density at radius 3 is 2.11 bits per heavy atom. The second-order valence-corrected chi connectivity index (χ2v) is 7.19. The quantitative estimate of drug-likeness (QED) is 0.447. The first kappa shape index (κ1) is 19.0. The van der Waals surface area contributed by atoms with Crippen LogP contribution in [-0.2, 0) is 0 Å². The van der Waals surface area contributed by atoms with Crippen molar-refractivity contribution < 1.29 is 0 Å². The zero-order valence-electron chi connectivity index (χ0n) is 14.3. The van der Waals surface area contributed by atoms with E-state index in [1.165, 1.54) is 57.8 Å². The largest absolute Gasteiger partial charge is 0.330 e. The minimum Gasteiger partial charge on any atom is -0.330 e. The number of unbranched alkanes of at least 4 members (excludes halogenated alkanes) is 2. The molecule has 0 aliphatic carbocycles. The third-order valence-corrected chi connectivity index (χ3v) is 4.90. The molecule has 0 amide bonds. The van der Waals surface area contributed by atoms with Crippen LogP contribution in [0.5, 0.6) is 0 Å². The summed E-state index contributed by atoms with van der Waals surface area (Å²) in [7, 11) is 0. The van der Waals surface area contributed by atoms with E-state index in [9.17, 15) is 0 Å². The zero-order chi connectivity index (χ0) is 14.7. The maximum absolute atomic E-state index is 5.76. The third kappa shape index (κ3) is 9.49. The summed E-state index contributed by atoms with van der Waals surface area (Å²) in [5.41, 5.74) is 6.23. The number of hydrogen-bond donors (Lipinski definition) is 1. The molecule has 0 aliphatic rings. The second-order valence-electron chi connectivity index (χ2n) is 7.19. The van der Waals surface area contributed by atoms with E-state index in [4.69, 9.17) is 5.73 Å². The summed E-state index contributed by atoms with van der Waals surface area (Å²) in [6, 6.07) is 0. The molecule has 0 rings (SSSR count). The molecule has 0 bridgehead atoms. The van der Waals surface area contributed by atoms with E-state index >= 15 is 0 Å². The van der Waals surface area contributed by atoms with E-state index in [1.807, 2.05) is 0 Å². The molecule has 1 nitrogen and oxygen atoms in total. The van der Waals surface area contributed by atoms with E-state index in [1.54, 1.807) is 0 Å². The van der Waals surface area contributed by atoms with Crippen LogP contribution in [0.4, 0.5) is 0 Å². The van der Waals surface area contributed by atoms with Gasteiger partial charge in [-0.25, -0.2) is 0 Å². The van der Waals surface area contributed by atoms with Gasteiger partial charge >= 0.3 is 0 Å². The summed E-state index contributed by atoms with van der Waals surface area (Å²) in [4.78, 5) is 0. The molecule has 0 aromatic carbocycles. The second kappa shape index (κ2) is 10.7. The Bertz CT molecular complexity index is 202. The molecule has 0 aliphatic heterocycles. The van der Waals surface area contributed by atoms with Gasteiger partial charge in [-0.15, -0.1) is 0 Å². The molecule has 0 saturated carbocycles. The molecule has 0 heterocycles. The van der Waals surface area contributed by atoms with Crippen molar-refractivity contribution >= 4 is 0 Å². The molecule has 1 heteroatoms. The normalized spacial score (nSPS) is 18.0. The van der Waals surface area contributed by atoms with E-state index in [0.717, 1.165) is 18.4 Å². The molecule has 19 heavy (non-hydrogen) atoms. The molecule has 0 saturated heterocycles. The van der Waals surface area contributed by atoms with Gasteiger partial charge < -0.3 is 5.73 Å². The SMILES string of the molecule is CCCCCC(C)CCC(C)CC(C)(CC)CCN. The maximum Gasteiger partial charge on any atom is -0.00721 e. The molecule has 3 atom stereocenters. The summed E-state index contributed by atoms with van der Waals surface area (Å²) >= 11 is 0.